The van der Waals surface area contributed by atoms with E-state index in [4.69, 9.17) is 9.15 Å². The molecular weight excluding hydrogens is 299 g/mol. The van der Waals surface area contributed by atoms with Gasteiger partial charge in [0.05, 0.1) is 25.1 Å². The number of ether oxygens (including phenoxy) is 1. The molecule has 0 saturated carbocycles. The topological polar surface area (TPSA) is 54.7 Å². The number of methoxy groups -OCH3 is 1. The number of amides is 1. The first-order valence-corrected chi connectivity index (χ1v) is 7.47. The molecule has 1 aromatic carbocycles. The van der Waals surface area contributed by atoms with Crippen LogP contribution in [0.15, 0.2) is 47.1 Å². The maximum atomic E-state index is 13.5. The van der Waals surface area contributed by atoms with E-state index in [1.165, 1.54) is 6.07 Å². The Morgan fingerprint density at radius 1 is 1.26 bits per heavy atom. The molecule has 1 amide bonds. The predicted molar refractivity (Wildman–Crippen MR) is 85.5 cm³/mol. The molecule has 0 aliphatic carbocycles. The molecule has 0 spiro atoms. The van der Waals surface area contributed by atoms with Gasteiger partial charge in [-0.25, -0.2) is 4.39 Å². The van der Waals surface area contributed by atoms with Crippen molar-refractivity contribution < 1.29 is 18.3 Å². The maximum absolute atomic E-state index is 13.5. The number of benzene rings is 1. The number of carbonyl (C=O) groups is 1. The van der Waals surface area contributed by atoms with Crippen molar-refractivity contribution in [2.45, 2.75) is 13.0 Å². The van der Waals surface area contributed by atoms with Crippen molar-refractivity contribution in [2.75, 3.05) is 32.1 Å². The number of carbonyl (C=O) groups excluding carboxylic acids is 1. The normalized spacial score (nSPS) is 10.9. The summed E-state index contributed by atoms with van der Waals surface area (Å²) in [4.78, 5) is 14.0. The van der Waals surface area contributed by atoms with Crippen LogP contribution in [0.2, 0.25) is 0 Å². The van der Waals surface area contributed by atoms with Crippen molar-refractivity contribution in [1.82, 2.24) is 4.90 Å². The lowest BCUT2D eigenvalue weighted by molar-refractivity contribution is -0.116. The van der Waals surface area contributed by atoms with Gasteiger partial charge in [0.1, 0.15) is 11.6 Å². The van der Waals surface area contributed by atoms with Gasteiger partial charge in [0, 0.05) is 26.6 Å². The molecule has 124 valence electrons. The third kappa shape index (κ3) is 5.84. The number of nitrogens with zero attached hydrogens (tertiary/aromatic N) is 1. The number of hydrogen-bond donors (Lipinski definition) is 1. The molecule has 0 aliphatic rings. The predicted octanol–water partition coefficient (Wildman–Crippen LogP) is 2.90. The van der Waals surface area contributed by atoms with E-state index in [0.29, 0.717) is 26.2 Å². The molecule has 0 bridgehead atoms. The third-order valence-corrected chi connectivity index (χ3v) is 3.37. The van der Waals surface area contributed by atoms with Gasteiger partial charge in [0.15, 0.2) is 0 Å². The Morgan fingerprint density at radius 3 is 2.78 bits per heavy atom. The van der Waals surface area contributed by atoms with E-state index in [0.717, 1.165) is 5.76 Å². The zero-order valence-electron chi connectivity index (χ0n) is 13.1. The zero-order valence-corrected chi connectivity index (χ0v) is 13.1. The standard InChI is InChI=1S/C17H21FN2O3/c1-22-12-10-20(13-14-5-4-11-23-14)9-8-17(21)19-16-7-3-2-6-15(16)18/h2-7,11H,8-10,12-13H2,1H3,(H,19,21). The Balaban J connectivity index is 1.84. The van der Waals surface area contributed by atoms with Crippen LogP contribution in [-0.4, -0.2) is 37.6 Å². The second kappa shape index (κ2) is 9.07. The van der Waals surface area contributed by atoms with E-state index < -0.39 is 5.82 Å². The lowest BCUT2D eigenvalue weighted by Gasteiger charge is -2.20. The van der Waals surface area contributed by atoms with Crippen molar-refractivity contribution in [3.63, 3.8) is 0 Å². The third-order valence-electron chi connectivity index (χ3n) is 3.37. The summed E-state index contributed by atoms with van der Waals surface area (Å²) in [6.07, 6.45) is 1.88. The van der Waals surface area contributed by atoms with Crippen LogP contribution in [0.5, 0.6) is 0 Å². The molecule has 2 aromatic rings. The fourth-order valence-corrected chi connectivity index (χ4v) is 2.15. The summed E-state index contributed by atoms with van der Waals surface area (Å²) in [5.41, 5.74) is 0.201. The molecule has 0 atom stereocenters. The molecule has 0 radical (unpaired) electrons. The highest BCUT2D eigenvalue weighted by atomic mass is 19.1. The molecule has 5 nitrogen and oxygen atoms in total. The highest BCUT2D eigenvalue weighted by Gasteiger charge is 2.11. The van der Waals surface area contributed by atoms with Gasteiger partial charge >= 0.3 is 0 Å². The number of hydrogen-bond acceptors (Lipinski definition) is 4. The van der Waals surface area contributed by atoms with Crippen LogP contribution in [0, 0.1) is 5.82 Å². The number of anilines is 1. The SMILES string of the molecule is COCCN(CCC(=O)Nc1ccccc1F)Cc1ccco1. The van der Waals surface area contributed by atoms with E-state index in [9.17, 15) is 9.18 Å². The number of furan rings is 1. The Morgan fingerprint density at radius 2 is 2.09 bits per heavy atom. The highest BCUT2D eigenvalue weighted by molar-refractivity contribution is 5.90. The van der Waals surface area contributed by atoms with Gasteiger partial charge in [-0.15, -0.1) is 0 Å². The molecule has 0 aliphatic heterocycles. The fraction of sp³-hybridized carbons (Fsp3) is 0.353. The van der Waals surface area contributed by atoms with Gasteiger partial charge in [0.2, 0.25) is 5.91 Å². The minimum absolute atomic E-state index is 0.201. The van der Waals surface area contributed by atoms with Crippen LogP contribution >= 0.6 is 0 Å². The smallest absolute Gasteiger partial charge is 0.225 e. The number of para-hydroxylation sites is 1. The van der Waals surface area contributed by atoms with Crippen molar-refractivity contribution in [1.29, 1.82) is 0 Å². The van der Waals surface area contributed by atoms with Crippen molar-refractivity contribution in [3.8, 4) is 0 Å². The van der Waals surface area contributed by atoms with Crippen LogP contribution in [0.4, 0.5) is 10.1 Å². The van der Waals surface area contributed by atoms with E-state index in [2.05, 4.69) is 10.2 Å². The summed E-state index contributed by atoms with van der Waals surface area (Å²) in [7, 11) is 1.63. The number of halogens is 1. The van der Waals surface area contributed by atoms with Gasteiger partial charge in [-0.1, -0.05) is 12.1 Å². The molecule has 2 rings (SSSR count). The second-order valence-corrected chi connectivity index (χ2v) is 5.13. The molecule has 1 N–H and O–H groups in total. The summed E-state index contributed by atoms with van der Waals surface area (Å²) in [5.74, 6) is 0.167. The Hall–Kier alpha value is -2.18. The van der Waals surface area contributed by atoms with Crippen molar-refractivity contribution in [3.05, 3.63) is 54.2 Å². The summed E-state index contributed by atoms with van der Waals surface area (Å²) >= 11 is 0. The first kappa shape index (κ1) is 17.2. The molecule has 0 unspecified atom stereocenters. The van der Waals surface area contributed by atoms with Crippen LogP contribution in [-0.2, 0) is 16.1 Å². The first-order valence-electron chi connectivity index (χ1n) is 7.47. The van der Waals surface area contributed by atoms with Gasteiger partial charge in [-0.2, -0.15) is 0 Å². The lowest BCUT2D eigenvalue weighted by atomic mass is 10.2. The summed E-state index contributed by atoms with van der Waals surface area (Å²) in [5, 5.41) is 2.59. The van der Waals surface area contributed by atoms with E-state index in [-0.39, 0.29) is 18.0 Å². The first-order chi connectivity index (χ1) is 11.2. The maximum Gasteiger partial charge on any atom is 0.225 e. The molecule has 6 heteroatoms. The lowest BCUT2D eigenvalue weighted by Crippen LogP contribution is -2.30. The average molecular weight is 320 g/mol. The van der Waals surface area contributed by atoms with Crippen LogP contribution in [0.3, 0.4) is 0 Å². The van der Waals surface area contributed by atoms with Crippen molar-refractivity contribution >= 4 is 11.6 Å². The number of rotatable bonds is 9. The van der Waals surface area contributed by atoms with E-state index in [1.54, 1.807) is 31.6 Å². The van der Waals surface area contributed by atoms with Crippen LogP contribution in [0.25, 0.3) is 0 Å². The zero-order chi connectivity index (χ0) is 16.5. The van der Waals surface area contributed by atoms with Crippen LogP contribution in [0.1, 0.15) is 12.2 Å². The fourth-order valence-electron chi connectivity index (χ4n) is 2.15. The Bertz CT molecular complexity index is 602. The average Bonchev–Trinajstić information content (AvgIpc) is 3.05. The number of nitrogens with one attached hydrogen (secondary N) is 1. The molecular formula is C17H21FN2O3. The summed E-state index contributed by atoms with van der Waals surface area (Å²) in [6.45, 7) is 2.38. The molecule has 0 fully saturated rings. The Kier molecular flexibility index (Phi) is 6.77. The molecule has 23 heavy (non-hydrogen) atoms. The largest absolute Gasteiger partial charge is 0.468 e. The van der Waals surface area contributed by atoms with Crippen molar-refractivity contribution in [2.24, 2.45) is 0 Å². The minimum atomic E-state index is -0.437. The minimum Gasteiger partial charge on any atom is -0.468 e. The molecule has 1 heterocycles. The monoisotopic (exact) mass is 320 g/mol. The molecule has 1 aromatic heterocycles. The van der Waals surface area contributed by atoms with Gasteiger partial charge in [0.25, 0.3) is 0 Å². The quantitative estimate of drug-likeness (QED) is 0.772. The van der Waals surface area contributed by atoms with Gasteiger partial charge < -0.3 is 14.5 Å². The molecule has 0 saturated heterocycles. The van der Waals surface area contributed by atoms with Gasteiger partial charge in [-0.05, 0) is 24.3 Å². The van der Waals surface area contributed by atoms with Crippen LogP contribution < -0.4 is 5.32 Å². The van der Waals surface area contributed by atoms with E-state index >= 15 is 0 Å². The van der Waals surface area contributed by atoms with E-state index in [1.807, 2.05) is 12.1 Å². The van der Waals surface area contributed by atoms with Gasteiger partial charge in [-0.3, -0.25) is 9.69 Å². The summed E-state index contributed by atoms with van der Waals surface area (Å²) in [6, 6.07) is 9.84. The highest BCUT2D eigenvalue weighted by Crippen LogP contribution is 2.13. The summed E-state index contributed by atoms with van der Waals surface area (Å²) < 4.78 is 23.9. The Labute approximate surface area is 135 Å². The second-order valence-electron chi connectivity index (χ2n) is 5.13.